The first-order valence-corrected chi connectivity index (χ1v) is 8.17. The predicted molar refractivity (Wildman–Crippen MR) is 97.8 cm³/mol. The highest BCUT2D eigenvalue weighted by atomic mass is 19.1. The van der Waals surface area contributed by atoms with Crippen LogP contribution in [0.3, 0.4) is 0 Å². The van der Waals surface area contributed by atoms with E-state index in [4.69, 9.17) is 0 Å². The minimum absolute atomic E-state index is 0.0667. The van der Waals surface area contributed by atoms with Crippen LogP contribution in [0, 0.1) is 5.82 Å². The first-order valence-electron chi connectivity index (χ1n) is 8.17. The first kappa shape index (κ1) is 18.4. The number of nitrogens with one attached hydrogen (secondary N) is 1. The molecule has 2 amide bonds. The number of carbonyl (C=O) groups is 2. The summed E-state index contributed by atoms with van der Waals surface area (Å²) in [4.78, 5) is 26.1. The Balaban J connectivity index is 2.04. The third kappa shape index (κ3) is 5.28. The van der Waals surface area contributed by atoms with Crippen LogP contribution in [0.2, 0.25) is 0 Å². The SMILES string of the molecule is CCN(CC)C(=O)c1cccc(NC(=O)/C=C/c2ccc(F)cc2)c1. The van der Waals surface area contributed by atoms with Crippen molar-refractivity contribution in [3.8, 4) is 0 Å². The molecular formula is C20H21FN2O2. The maximum atomic E-state index is 12.8. The molecular weight excluding hydrogens is 319 g/mol. The lowest BCUT2D eigenvalue weighted by molar-refractivity contribution is -0.111. The fourth-order valence-corrected chi connectivity index (χ4v) is 2.35. The van der Waals surface area contributed by atoms with E-state index in [9.17, 15) is 14.0 Å². The Bertz CT molecular complexity index is 766. The van der Waals surface area contributed by atoms with Gasteiger partial charge < -0.3 is 10.2 Å². The highest BCUT2D eigenvalue weighted by Gasteiger charge is 2.12. The van der Waals surface area contributed by atoms with Crippen molar-refractivity contribution in [2.45, 2.75) is 13.8 Å². The van der Waals surface area contributed by atoms with Crippen molar-refractivity contribution in [2.75, 3.05) is 18.4 Å². The van der Waals surface area contributed by atoms with Crippen molar-refractivity contribution in [1.29, 1.82) is 0 Å². The zero-order chi connectivity index (χ0) is 18.2. The van der Waals surface area contributed by atoms with Crippen molar-refractivity contribution in [3.63, 3.8) is 0 Å². The highest BCUT2D eigenvalue weighted by Crippen LogP contribution is 2.13. The van der Waals surface area contributed by atoms with Crippen molar-refractivity contribution >= 4 is 23.6 Å². The van der Waals surface area contributed by atoms with Gasteiger partial charge in [-0.15, -0.1) is 0 Å². The second-order valence-electron chi connectivity index (χ2n) is 5.43. The molecule has 0 aromatic heterocycles. The third-order valence-corrected chi connectivity index (χ3v) is 3.72. The molecule has 0 saturated carbocycles. The quantitative estimate of drug-likeness (QED) is 0.809. The van der Waals surface area contributed by atoms with E-state index in [0.29, 0.717) is 24.3 Å². The number of hydrogen-bond donors (Lipinski definition) is 1. The van der Waals surface area contributed by atoms with Crippen LogP contribution < -0.4 is 5.32 Å². The summed E-state index contributed by atoms with van der Waals surface area (Å²) in [5.41, 5.74) is 1.80. The van der Waals surface area contributed by atoms with Crippen LogP contribution in [-0.4, -0.2) is 29.8 Å². The molecule has 0 saturated heterocycles. The van der Waals surface area contributed by atoms with Gasteiger partial charge in [-0.1, -0.05) is 18.2 Å². The fourth-order valence-electron chi connectivity index (χ4n) is 2.35. The summed E-state index contributed by atoms with van der Waals surface area (Å²) in [5, 5.41) is 2.72. The average molecular weight is 340 g/mol. The molecule has 0 aliphatic heterocycles. The average Bonchev–Trinajstić information content (AvgIpc) is 2.62. The highest BCUT2D eigenvalue weighted by molar-refractivity contribution is 6.03. The number of rotatable bonds is 6. The van der Waals surface area contributed by atoms with Crippen molar-refractivity contribution < 1.29 is 14.0 Å². The minimum Gasteiger partial charge on any atom is -0.339 e. The molecule has 5 heteroatoms. The van der Waals surface area contributed by atoms with Gasteiger partial charge >= 0.3 is 0 Å². The summed E-state index contributed by atoms with van der Waals surface area (Å²) >= 11 is 0. The lowest BCUT2D eigenvalue weighted by Gasteiger charge is -2.18. The number of halogens is 1. The zero-order valence-corrected chi connectivity index (χ0v) is 14.3. The molecule has 2 rings (SSSR count). The summed E-state index contributed by atoms with van der Waals surface area (Å²) < 4.78 is 12.8. The molecule has 4 nitrogen and oxygen atoms in total. The first-order chi connectivity index (χ1) is 12.0. The van der Waals surface area contributed by atoms with Gasteiger partial charge in [-0.05, 0) is 55.8 Å². The van der Waals surface area contributed by atoms with Gasteiger partial charge in [0.15, 0.2) is 0 Å². The van der Waals surface area contributed by atoms with Crippen LogP contribution in [-0.2, 0) is 4.79 Å². The number of carbonyl (C=O) groups excluding carboxylic acids is 2. The second kappa shape index (κ2) is 8.78. The third-order valence-electron chi connectivity index (χ3n) is 3.72. The normalized spacial score (nSPS) is 10.7. The van der Waals surface area contributed by atoms with Gasteiger partial charge in [0.05, 0.1) is 0 Å². The summed E-state index contributed by atoms with van der Waals surface area (Å²) in [6.07, 6.45) is 2.96. The molecule has 1 N–H and O–H groups in total. The van der Waals surface area contributed by atoms with E-state index in [2.05, 4.69) is 5.32 Å². The molecule has 2 aromatic rings. The zero-order valence-electron chi connectivity index (χ0n) is 14.3. The van der Waals surface area contributed by atoms with Crippen LogP contribution in [0.1, 0.15) is 29.8 Å². The Morgan fingerprint density at radius 1 is 1.08 bits per heavy atom. The van der Waals surface area contributed by atoms with Crippen LogP contribution in [0.5, 0.6) is 0 Å². The van der Waals surface area contributed by atoms with Gasteiger partial charge in [0.2, 0.25) is 5.91 Å². The minimum atomic E-state index is -0.323. The van der Waals surface area contributed by atoms with Crippen molar-refractivity contribution in [2.24, 2.45) is 0 Å². The Morgan fingerprint density at radius 3 is 2.40 bits per heavy atom. The molecule has 0 aliphatic carbocycles. The van der Waals surface area contributed by atoms with Gasteiger partial charge in [-0.3, -0.25) is 9.59 Å². The van der Waals surface area contributed by atoms with E-state index >= 15 is 0 Å². The van der Waals surface area contributed by atoms with E-state index in [1.165, 1.54) is 18.2 Å². The van der Waals surface area contributed by atoms with E-state index in [-0.39, 0.29) is 17.6 Å². The van der Waals surface area contributed by atoms with E-state index in [1.54, 1.807) is 47.4 Å². The Morgan fingerprint density at radius 2 is 1.76 bits per heavy atom. The Labute approximate surface area is 147 Å². The molecule has 0 radical (unpaired) electrons. The molecule has 0 heterocycles. The number of nitrogens with zero attached hydrogens (tertiary/aromatic N) is 1. The fraction of sp³-hybridized carbons (Fsp3) is 0.200. The van der Waals surface area contributed by atoms with Crippen molar-refractivity contribution in [3.05, 3.63) is 71.6 Å². The second-order valence-corrected chi connectivity index (χ2v) is 5.43. The van der Waals surface area contributed by atoms with Crippen molar-refractivity contribution in [1.82, 2.24) is 4.90 Å². The molecule has 0 fully saturated rings. The molecule has 130 valence electrons. The molecule has 0 spiro atoms. The number of anilines is 1. The van der Waals surface area contributed by atoms with Gasteiger partial charge in [-0.2, -0.15) is 0 Å². The number of amides is 2. The summed E-state index contributed by atoms with van der Waals surface area (Å²) in [6, 6.07) is 12.7. The van der Waals surface area contributed by atoms with Crippen LogP contribution >= 0.6 is 0 Å². The summed E-state index contributed by atoms with van der Waals surface area (Å²) in [6.45, 7) is 5.11. The standard InChI is InChI=1S/C20H21FN2O2/c1-3-23(4-2)20(25)16-6-5-7-18(14-16)22-19(24)13-10-15-8-11-17(21)12-9-15/h5-14H,3-4H2,1-2H3,(H,22,24)/b13-10+. The Hall–Kier alpha value is -2.95. The van der Waals surface area contributed by atoms with Gasteiger partial charge in [0.1, 0.15) is 5.82 Å². The lowest BCUT2D eigenvalue weighted by Crippen LogP contribution is -2.30. The predicted octanol–water partition coefficient (Wildman–Crippen LogP) is 3.96. The maximum Gasteiger partial charge on any atom is 0.253 e. The van der Waals surface area contributed by atoms with Crippen LogP contribution in [0.15, 0.2) is 54.6 Å². The summed E-state index contributed by atoms with van der Waals surface area (Å²) in [7, 11) is 0. The van der Waals surface area contributed by atoms with Crippen LogP contribution in [0.4, 0.5) is 10.1 Å². The molecule has 0 aliphatic rings. The topological polar surface area (TPSA) is 49.4 Å². The Kier molecular flexibility index (Phi) is 6.46. The molecule has 2 aromatic carbocycles. The molecule has 0 unspecified atom stereocenters. The molecule has 25 heavy (non-hydrogen) atoms. The van der Waals surface area contributed by atoms with Gasteiger partial charge in [-0.25, -0.2) is 4.39 Å². The lowest BCUT2D eigenvalue weighted by atomic mass is 10.1. The smallest absolute Gasteiger partial charge is 0.253 e. The van der Waals surface area contributed by atoms with E-state index in [1.807, 2.05) is 13.8 Å². The van der Waals surface area contributed by atoms with Gasteiger partial charge in [0.25, 0.3) is 5.91 Å². The monoisotopic (exact) mass is 340 g/mol. The largest absolute Gasteiger partial charge is 0.339 e. The number of benzene rings is 2. The van der Waals surface area contributed by atoms with Gasteiger partial charge in [0, 0.05) is 30.4 Å². The van der Waals surface area contributed by atoms with Crippen LogP contribution in [0.25, 0.3) is 6.08 Å². The maximum absolute atomic E-state index is 12.8. The number of hydrogen-bond acceptors (Lipinski definition) is 2. The van der Waals surface area contributed by atoms with E-state index in [0.717, 1.165) is 5.56 Å². The molecule has 0 bridgehead atoms. The molecule has 0 atom stereocenters. The van der Waals surface area contributed by atoms with E-state index < -0.39 is 0 Å². The summed E-state index contributed by atoms with van der Waals surface area (Å²) in [5.74, 6) is -0.712.